The molecule has 1 saturated heterocycles. The Morgan fingerprint density at radius 1 is 1.19 bits per heavy atom. The van der Waals surface area contributed by atoms with Crippen molar-refractivity contribution in [1.82, 2.24) is 14.9 Å². The highest BCUT2D eigenvalue weighted by atomic mass is 16.5. The molecule has 2 aromatic carbocycles. The monoisotopic (exact) mass is 435 g/mol. The second-order valence-corrected chi connectivity index (χ2v) is 8.47. The fraction of sp³-hybridized carbons (Fsp3) is 0.400. The van der Waals surface area contributed by atoms with Gasteiger partial charge in [-0.15, -0.1) is 0 Å². The van der Waals surface area contributed by atoms with Crippen molar-refractivity contribution in [2.45, 2.75) is 44.9 Å². The van der Waals surface area contributed by atoms with Crippen LogP contribution in [0.4, 0.5) is 0 Å². The molecule has 1 aliphatic heterocycles. The van der Waals surface area contributed by atoms with Crippen LogP contribution in [-0.4, -0.2) is 56.8 Å². The van der Waals surface area contributed by atoms with E-state index in [4.69, 9.17) is 4.74 Å². The highest BCUT2D eigenvalue weighted by Gasteiger charge is 2.37. The number of benzene rings is 2. The highest BCUT2D eigenvalue weighted by Crippen LogP contribution is 2.32. The molecule has 2 heterocycles. The number of aliphatic hydroxyl groups is 2. The maximum Gasteiger partial charge on any atom is 0.159 e. The number of fused-ring (bicyclic) bond motifs is 1. The number of aryl methyl sites for hydroxylation is 1. The molecule has 2 N–H and O–H groups in total. The van der Waals surface area contributed by atoms with Gasteiger partial charge in [0.25, 0.3) is 0 Å². The van der Waals surface area contributed by atoms with Crippen LogP contribution in [0, 0.1) is 6.92 Å². The molecule has 0 aliphatic carbocycles. The van der Waals surface area contributed by atoms with E-state index in [-0.39, 0.29) is 5.78 Å². The van der Waals surface area contributed by atoms with Crippen LogP contribution in [0.15, 0.2) is 48.7 Å². The molecule has 0 radical (unpaired) electrons. The maximum absolute atomic E-state index is 11.5. The Morgan fingerprint density at radius 2 is 1.91 bits per heavy atom. The van der Waals surface area contributed by atoms with Crippen LogP contribution < -0.4 is 4.74 Å². The normalized spacial score (nSPS) is 17.2. The predicted octanol–water partition coefficient (Wildman–Crippen LogP) is 3.21. The molecule has 1 aliphatic rings. The lowest BCUT2D eigenvalue weighted by atomic mass is 9.88. The quantitative estimate of drug-likeness (QED) is 0.550. The number of aliphatic hydroxyl groups excluding tert-OH is 1. The lowest BCUT2D eigenvalue weighted by molar-refractivity contribution is -0.0836. The molecule has 0 amide bonds. The molecular weight excluding hydrogens is 406 g/mol. The van der Waals surface area contributed by atoms with Crippen LogP contribution in [0.5, 0.6) is 5.75 Å². The summed E-state index contributed by atoms with van der Waals surface area (Å²) in [7, 11) is 0. The Bertz CT molecular complexity index is 1110. The first-order valence-electron chi connectivity index (χ1n) is 11.0. The number of rotatable bonds is 7. The average molecular weight is 436 g/mol. The third-order valence-electron chi connectivity index (χ3n) is 6.19. The van der Waals surface area contributed by atoms with Crippen molar-refractivity contribution < 1.29 is 19.7 Å². The molecule has 32 heavy (non-hydrogen) atoms. The number of para-hydroxylation sites is 2. The van der Waals surface area contributed by atoms with E-state index < -0.39 is 11.8 Å². The van der Waals surface area contributed by atoms with Gasteiger partial charge in [0.1, 0.15) is 17.6 Å². The van der Waals surface area contributed by atoms with Gasteiger partial charge in [-0.05, 0) is 62.6 Å². The molecule has 0 bridgehead atoms. The molecule has 4 rings (SSSR count). The summed E-state index contributed by atoms with van der Waals surface area (Å²) < 4.78 is 5.82. The summed E-state index contributed by atoms with van der Waals surface area (Å²) in [5, 5.41) is 21.8. The number of ketones is 1. The fourth-order valence-corrected chi connectivity index (χ4v) is 4.12. The molecule has 7 heteroatoms. The number of nitrogens with zero attached hydrogens (tertiary/aromatic N) is 3. The Morgan fingerprint density at radius 3 is 2.59 bits per heavy atom. The van der Waals surface area contributed by atoms with Gasteiger partial charge in [-0.2, -0.15) is 0 Å². The number of piperidine rings is 1. The van der Waals surface area contributed by atoms with E-state index in [0.29, 0.717) is 56.0 Å². The van der Waals surface area contributed by atoms with Crippen LogP contribution in [0.2, 0.25) is 0 Å². The minimum atomic E-state index is -1.04. The summed E-state index contributed by atoms with van der Waals surface area (Å²) in [4.78, 5) is 22.5. The van der Waals surface area contributed by atoms with E-state index in [1.807, 2.05) is 42.2 Å². The van der Waals surface area contributed by atoms with Crippen molar-refractivity contribution in [3.8, 4) is 5.75 Å². The zero-order valence-electron chi connectivity index (χ0n) is 18.5. The standard InChI is InChI=1S/C25H29N3O4/c1-17-15-19(18(2)29)7-8-22(17)32-14-9-24(30)28-12-10-25(31,11-13-28)23-16-26-20-5-3-4-6-21(20)27-23/h3-8,15-16,24,30-31H,9-14H2,1-2H3/t24-/m0/s1. The van der Waals surface area contributed by atoms with Gasteiger partial charge < -0.3 is 14.9 Å². The Hall–Kier alpha value is -2.87. The Kier molecular flexibility index (Phi) is 6.50. The van der Waals surface area contributed by atoms with E-state index in [1.165, 1.54) is 6.92 Å². The van der Waals surface area contributed by atoms with Gasteiger partial charge in [0.15, 0.2) is 5.78 Å². The summed E-state index contributed by atoms with van der Waals surface area (Å²) in [6, 6.07) is 13.0. The molecule has 0 spiro atoms. The lowest BCUT2D eigenvalue weighted by Crippen LogP contribution is -2.47. The topological polar surface area (TPSA) is 95.8 Å². The molecule has 3 aromatic rings. The number of ether oxygens (including phenoxy) is 1. The van der Waals surface area contributed by atoms with Crippen molar-refractivity contribution in [3.05, 3.63) is 65.5 Å². The highest BCUT2D eigenvalue weighted by molar-refractivity contribution is 5.94. The van der Waals surface area contributed by atoms with Crippen LogP contribution in [0.3, 0.4) is 0 Å². The SMILES string of the molecule is CC(=O)c1ccc(OCC[C@H](O)N2CCC(O)(c3cnc4ccccc4n3)CC2)c(C)c1. The number of carbonyl (C=O) groups is 1. The van der Waals surface area contributed by atoms with E-state index >= 15 is 0 Å². The summed E-state index contributed by atoms with van der Waals surface area (Å²) in [6.45, 7) is 4.91. The number of hydrogen-bond acceptors (Lipinski definition) is 7. The number of Topliss-reactive ketones (excluding diaryl/α,β-unsaturated/α-hetero) is 1. The van der Waals surface area contributed by atoms with E-state index in [1.54, 1.807) is 18.3 Å². The van der Waals surface area contributed by atoms with Crippen molar-refractivity contribution >= 4 is 16.8 Å². The largest absolute Gasteiger partial charge is 0.493 e. The van der Waals surface area contributed by atoms with E-state index in [0.717, 1.165) is 16.6 Å². The molecule has 0 unspecified atom stereocenters. The first-order chi connectivity index (χ1) is 15.4. The van der Waals surface area contributed by atoms with Crippen molar-refractivity contribution in [2.75, 3.05) is 19.7 Å². The third-order valence-corrected chi connectivity index (χ3v) is 6.19. The van der Waals surface area contributed by atoms with E-state index in [2.05, 4.69) is 9.97 Å². The van der Waals surface area contributed by atoms with E-state index in [9.17, 15) is 15.0 Å². The summed E-state index contributed by atoms with van der Waals surface area (Å²) >= 11 is 0. The van der Waals surface area contributed by atoms with Crippen LogP contribution in [0.1, 0.15) is 47.8 Å². The van der Waals surface area contributed by atoms with Crippen LogP contribution in [0.25, 0.3) is 11.0 Å². The summed E-state index contributed by atoms with van der Waals surface area (Å²) in [5.41, 5.74) is 2.67. The average Bonchev–Trinajstić information content (AvgIpc) is 2.80. The number of carbonyl (C=O) groups excluding carboxylic acids is 1. The Labute approximate surface area is 187 Å². The van der Waals surface area contributed by atoms with Gasteiger partial charge in [-0.25, -0.2) is 4.98 Å². The predicted molar refractivity (Wildman–Crippen MR) is 122 cm³/mol. The fourth-order valence-electron chi connectivity index (χ4n) is 4.12. The van der Waals surface area contributed by atoms with Gasteiger partial charge in [0, 0.05) is 25.1 Å². The van der Waals surface area contributed by atoms with Gasteiger partial charge in [0.05, 0.1) is 29.5 Å². The zero-order valence-corrected chi connectivity index (χ0v) is 18.5. The first-order valence-corrected chi connectivity index (χ1v) is 11.0. The van der Waals surface area contributed by atoms with Crippen molar-refractivity contribution in [3.63, 3.8) is 0 Å². The second-order valence-electron chi connectivity index (χ2n) is 8.47. The first kappa shape index (κ1) is 22.3. The molecule has 168 valence electrons. The van der Waals surface area contributed by atoms with Crippen molar-refractivity contribution in [2.24, 2.45) is 0 Å². The molecule has 0 saturated carbocycles. The van der Waals surface area contributed by atoms with Gasteiger partial charge >= 0.3 is 0 Å². The maximum atomic E-state index is 11.5. The molecular formula is C25H29N3O4. The van der Waals surface area contributed by atoms with Crippen molar-refractivity contribution in [1.29, 1.82) is 0 Å². The second kappa shape index (κ2) is 9.32. The lowest BCUT2D eigenvalue weighted by Gasteiger charge is -2.39. The molecule has 1 aromatic heterocycles. The summed E-state index contributed by atoms with van der Waals surface area (Å²) in [5.74, 6) is 0.736. The minimum Gasteiger partial charge on any atom is -0.493 e. The number of likely N-dealkylation sites (tertiary alicyclic amines) is 1. The van der Waals surface area contributed by atoms with Gasteiger partial charge in [-0.1, -0.05) is 12.1 Å². The molecule has 1 atom stereocenters. The van der Waals surface area contributed by atoms with Crippen LogP contribution >= 0.6 is 0 Å². The van der Waals surface area contributed by atoms with Gasteiger partial charge in [-0.3, -0.25) is 14.7 Å². The zero-order chi connectivity index (χ0) is 22.7. The summed E-state index contributed by atoms with van der Waals surface area (Å²) in [6.07, 6.45) is 2.40. The number of aromatic nitrogens is 2. The Balaban J connectivity index is 1.30. The number of hydrogen-bond donors (Lipinski definition) is 2. The minimum absolute atomic E-state index is 0.0230. The van der Waals surface area contributed by atoms with Crippen LogP contribution in [-0.2, 0) is 5.60 Å². The van der Waals surface area contributed by atoms with Gasteiger partial charge in [0.2, 0.25) is 0 Å². The smallest absolute Gasteiger partial charge is 0.159 e. The molecule has 7 nitrogen and oxygen atoms in total. The third kappa shape index (κ3) is 4.80. The molecule has 1 fully saturated rings.